The van der Waals surface area contributed by atoms with E-state index in [1.807, 2.05) is 67.3 Å². The zero-order valence-corrected chi connectivity index (χ0v) is 65.8. The number of rotatable bonds is 29. The van der Waals surface area contributed by atoms with Crippen LogP contribution in [0.25, 0.3) is 0 Å². The largest absolute Gasteiger partial charge is 0.407 e. The number of aliphatic hydroxyl groups is 3. The number of hydrogen-bond acceptors (Lipinski definition) is 8. The average molecular weight is 1580 g/mol. The fraction of sp³-hybridized carbons (Fsp3) is 0.410. The number of terminal acetylenes is 1. The predicted molar refractivity (Wildman–Crippen MR) is 424 cm³/mol. The van der Waals surface area contributed by atoms with Crippen molar-refractivity contribution in [3.63, 3.8) is 0 Å². The van der Waals surface area contributed by atoms with Crippen molar-refractivity contribution in [3.05, 3.63) is 237 Å². The molecule has 15 heteroatoms. The molecule has 0 spiro atoms. The van der Waals surface area contributed by atoms with Gasteiger partial charge in [-0.2, -0.15) is 11.1 Å². The van der Waals surface area contributed by atoms with Crippen LogP contribution >= 0.6 is 75.9 Å². The molecule has 0 saturated heterocycles. The van der Waals surface area contributed by atoms with Gasteiger partial charge in [0.2, 0.25) is 7.38 Å². The van der Waals surface area contributed by atoms with Gasteiger partial charge in [-0.3, -0.25) is 15.0 Å². The number of aldehydes is 1. The molecule has 0 aliphatic carbocycles. The first-order valence-corrected chi connectivity index (χ1v) is 40.6. The molecule has 0 aliphatic heterocycles. The molecule has 7 rings (SSSR count). The van der Waals surface area contributed by atoms with Crippen molar-refractivity contribution in [2.75, 3.05) is 42.4 Å². The van der Waals surface area contributed by atoms with Gasteiger partial charge < -0.3 is 24.5 Å². The molecule has 510 valence electrons. The van der Waals surface area contributed by atoms with E-state index < -0.39 is 15.7 Å². The molecule has 0 aliphatic rings. The van der Waals surface area contributed by atoms with E-state index in [1.165, 1.54) is 56.7 Å². The van der Waals surface area contributed by atoms with E-state index in [9.17, 15) is 4.79 Å². The molecule has 0 radical (unpaired) electrons. The maximum absolute atomic E-state index is 10.0. The van der Waals surface area contributed by atoms with Gasteiger partial charge in [0.1, 0.15) is 6.29 Å². The quantitative estimate of drug-likeness (QED) is 0.00805. The molecule has 0 bridgehead atoms. The Hall–Kier alpha value is -4.48. The van der Waals surface area contributed by atoms with Crippen LogP contribution in [0.1, 0.15) is 148 Å². The number of hydrogen-bond donors (Lipinski definition) is 3. The number of nitrogens with zero attached hydrogens (tertiary/aromatic N) is 3. The molecule has 0 saturated carbocycles. The third-order valence-electron chi connectivity index (χ3n) is 13.9. The standard InChI is InChI=1S/C19H25BrOSi.C16H19ClSi.C11H15N.C11H13N.C10H13NO.C5H9Br.C3H7BrO.C3H8O2.BrH/c1-19(2,3)22(21-16-10-15-20,17-11-6-4-7-12-17)18-13-8-5-9-14-18;1-16(2,3)18(17,14-10-6-4-7-11-14)15-12-8-5-9-13-15;2*1-2-3-4-5-7-11-8-6-9-12-10-11;12-8-3-1-2-5-10-6-4-7-11-9-10;1-2-3-4-5-6;2*4-2-1-3-5;/h4-9,11-14H,10,15-16H2,1-3H3;4-13H,1-3H3;2,6,8-10H,1,3-5,7H2;1,6,8-10H,3-5,7H2;4,6-9H,1-3,5H2;2H,1,3-5H2;5H,1-3H2;4-5H,1-3H2;1H. The number of carbonyl (C=O) groups excluding carboxylic acids is 1. The number of aliphatic hydroxyl groups excluding tert-OH is 3. The first-order chi connectivity index (χ1) is 44.5. The molecule has 0 amide bonds. The molecule has 0 atom stereocenters. The van der Waals surface area contributed by atoms with E-state index in [0.29, 0.717) is 19.4 Å². The zero-order valence-electron chi connectivity index (χ0n) is 56.6. The number of pyridine rings is 3. The number of benzene rings is 4. The van der Waals surface area contributed by atoms with E-state index in [1.54, 1.807) is 12.4 Å². The summed E-state index contributed by atoms with van der Waals surface area (Å²) in [5, 5.41) is 32.2. The average Bonchev–Trinajstić information content (AvgIpc) is 0.778. The number of allylic oxidation sites excluding steroid dienone is 2. The summed E-state index contributed by atoms with van der Waals surface area (Å²) in [7, 11) is -4.54. The van der Waals surface area contributed by atoms with Crippen molar-refractivity contribution < 1.29 is 24.5 Å². The van der Waals surface area contributed by atoms with Gasteiger partial charge in [0.25, 0.3) is 8.32 Å². The Morgan fingerprint density at radius 1 is 0.484 bits per heavy atom. The van der Waals surface area contributed by atoms with Crippen molar-refractivity contribution in [3.8, 4) is 12.3 Å². The lowest BCUT2D eigenvalue weighted by Gasteiger charge is -2.43. The number of alkyl halides is 3. The fourth-order valence-corrected chi connectivity index (χ4v) is 18.7. The minimum atomic E-state index is -2.31. The second-order valence-electron chi connectivity index (χ2n) is 23.3. The number of aryl methyl sites for hydroxylation is 3. The molecule has 0 unspecified atom stereocenters. The second kappa shape index (κ2) is 60.0. The molecule has 3 N–H and O–H groups in total. The Balaban J connectivity index is 0. The van der Waals surface area contributed by atoms with E-state index in [-0.39, 0.29) is 40.3 Å². The highest BCUT2D eigenvalue weighted by Gasteiger charge is 2.50. The van der Waals surface area contributed by atoms with Gasteiger partial charge in [-0.15, -0.1) is 42.5 Å². The van der Waals surface area contributed by atoms with Crippen LogP contribution in [0.2, 0.25) is 10.1 Å². The summed E-state index contributed by atoms with van der Waals surface area (Å²) in [5.74, 6) is 2.64. The third kappa shape index (κ3) is 41.3. The van der Waals surface area contributed by atoms with Crippen LogP contribution in [-0.4, -0.2) is 94.7 Å². The van der Waals surface area contributed by atoms with Crippen LogP contribution in [0.15, 0.2) is 220 Å². The van der Waals surface area contributed by atoms with E-state index in [4.69, 9.17) is 37.2 Å². The van der Waals surface area contributed by atoms with E-state index >= 15 is 0 Å². The first kappa shape index (κ1) is 90.6. The SMILES string of the molecule is Br.C#CCCCCc1cccnc1.C=CCCCBr.C=CCCCCc1cccnc1.CC(C)(C)[Si](Cl)(c1ccccc1)c1ccccc1.CC(C)(C)[Si](OCCCBr)(c1ccccc1)c1ccccc1.O=CCCCCc1cccnc1.OCCCBr.OCCCO. The van der Waals surface area contributed by atoms with E-state index in [2.05, 4.69) is 251 Å². The summed E-state index contributed by atoms with van der Waals surface area (Å²) >= 11 is 17.2. The summed E-state index contributed by atoms with van der Waals surface area (Å²) < 4.78 is 6.72. The number of halogens is 5. The monoisotopic (exact) mass is 1580 g/mol. The highest BCUT2D eigenvalue weighted by atomic mass is 79.9. The van der Waals surface area contributed by atoms with Crippen LogP contribution in [0.4, 0.5) is 0 Å². The Bertz CT molecular complexity index is 2680. The lowest BCUT2D eigenvalue weighted by atomic mass is 10.1. The first-order valence-electron chi connectivity index (χ1n) is 32.3. The molecular formula is C78H110Br4ClN3O5Si2. The molecule has 3 aromatic heterocycles. The van der Waals surface area contributed by atoms with E-state index in [0.717, 1.165) is 106 Å². The van der Waals surface area contributed by atoms with Crippen LogP contribution in [0, 0.1) is 12.3 Å². The molecule has 93 heavy (non-hydrogen) atoms. The van der Waals surface area contributed by atoms with Gasteiger partial charge in [-0.25, -0.2) is 0 Å². The number of carbonyl (C=O) groups is 1. The van der Waals surface area contributed by atoms with Gasteiger partial charge in [0.15, 0.2) is 0 Å². The van der Waals surface area contributed by atoms with Crippen molar-refractivity contribution in [1.29, 1.82) is 0 Å². The van der Waals surface area contributed by atoms with Crippen molar-refractivity contribution in [2.45, 2.75) is 161 Å². The minimum Gasteiger partial charge on any atom is -0.407 e. The summed E-state index contributed by atoms with van der Waals surface area (Å²) in [6.07, 6.45) is 38.6. The summed E-state index contributed by atoms with van der Waals surface area (Å²) in [5.41, 5.74) is 3.89. The molecular weight excluding hydrogens is 1470 g/mol. The van der Waals surface area contributed by atoms with Gasteiger partial charge in [0.05, 0.1) is 0 Å². The molecule has 3 heterocycles. The zero-order chi connectivity index (χ0) is 68.3. The van der Waals surface area contributed by atoms with Crippen molar-refractivity contribution in [1.82, 2.24) is 15.0 Å². The third-order valence-corrected chi connectivity index (χ3v) is 28.0. The Morgan fingerprint density at radius 2 is 0.839 bits per heavy atom. The lowest BCUT2D eigenvalue weighted by molar-refractivity contribution is -0.107. The van der Waals surface area contributed by atoms with Crippen LogP contribution in [0.3, 0.4) is 0 Å². The molecule has 0 fully saturated rings. The highest BCUT2D eigenvalue weighted by Crippen LogP contribution is 2.39. The van der Waals surface area contributed by atoms with Gasteiger partial charge >= 0.3 is 0 Å². The molecule has 4 aromatic carbocycles. The van der Waals surface area contributed by atoms with Gasteiger partial charge in [0, 0.05) is 92.4 Å². The highest BCUT2D eigenvalue weighted by molar-refractivity contribution is 9.09. The summed E-state index contributed by atoms with van der Waals surface area (Å²) in [4.78, 5) is 22.1. The van der Waals surface area contributed by atoms with Crippen LogP contribution in [0.5, 0.6) is 0 Å². The maximum Gasteiger partial charge on any atom is 0.261 e. The summed E-state index contributed by atoms with van der Waals surface area (Å²) in [6, 6.07) is 54.8. The Kier molecular flexibility index (Phi) is 58.4. The predicted octanol–water partition coefficient (Wildman–Crippen LogP) is 18.6. The second-order valence-corrected chi connectivity index (χ2v) is 35.7. The minimum absolute atomic E-state index is 0. The molecule has 8 nitrogen and oxygen atoms in total. The van der Waals surface area contributed by atoms with Crippen molar-refractivity contribution >= 4 is 119 Å². The summed E-state index contributed by atoms with van der Waals surface area (Å²) in [6.45, 7) is 22.2. The topological polar surface area (TPSA) is 126 Å². The lowest BCUT2D eigenvalue weighted by Crippen LogP contribution is -2.66. The van der Waals surface area contributed by atoms with Crippen LogP contribution < -0.4 is 20.7 Å². The van der Waals surface area contributed by atoms with Crippen LogP contribution in [-0.2, 0) is 28.5 Å². The normalized spacial score (nSPS) is 10.5. The fourth-order valence-electron chi connectivity index (χ4n) is 9.13. The number of unbranched alkanes of at least 4 members (excludes halogenated alkanes) is 7. The number of aromatic nitrogens is 3. The Morgan fingerprint density at radius 3 is 1.11 bits per heavy atom. The maximum atomic E-state index is 10.0. The smallest absolute Gasteiger partial charge is 0.261 e. The van der Waals surface area contributed by atoms with Gasteiger partial charge in [-0.1, -0.05) is 241 Å². The van der Waals surface area contributed by atoms with Crippen molar-refractivity contribution in [2.24, 2.45) is 0 Å². The molecule has 7 aromatic rings. The van der Waals surface area contributed by atoms with Gasteiger partial charge in [-0.05, 0) is 162 Å². The Labute approximate surface area is 605 Å².